The van der Waals surface area contributed by atoms with E-state index < -0.39 is 0 Å². The number of carbonyl (C=O) groups is 2. The van der Waals surface area contributed by atoms with Gasteiger partial charge in [-0.2, -0.15) is 5.10 Å². The highest BCUT2D eigenvalue weighted by Gasteiger charge is 2.31. The van der Waals surface area contributed by atoms with Crippen molar-refractivity contribution < 1.29 is 9.59 Å². The van der Waals surface area contributed by atoms with E-state index in [2.05, 4.69) is 49.8 Å². The fraction of sp³-hybridized carbons (Fsp3) is 0.345. The van der Waals surface area contributed by atoms with Crippen molar-refractivity contribution in [2.24, 2.45) is 0 Å². The van der Waals surface area contributed by atoms with Crippen molar-refractivity contribution in [2.45, 2.75) is 50.6 Å². The molecule has 2 amide bonds. The highest BCUT2D eigenvalue weighted by atomic mass is 35.5. The lowest BCUT2D eigenvalue weighted by Crippen LogP contribution is -2.51. The average Bonchev–Trinajstić information content (AvgIpc) is 3.37. The number of H-pyrrole nitrogens is 1. The second kappa shape index (κ2) is 10.8. The third kappa shape index (κ3) is 5.29. The first-order valence-corrected chi connectivity index (χ1v) is 14.1. The molecule has 6 rings (SSSR count). The molecule has 9 nitrogen and oxygen atoms in total. The van der Waals surface area contributed by atoms with Gasteiger partial charge in [0.15, 0.2) is 5.65 Å². The van der Waals surface area contributed by atoms with Gasteiger partial charge in [-0.05, 0) is 43.4 Å². The Labute approximate surface area is 241 Å². The highest BCUT2D eigenvalue weighted by Crippen LogP contribution is 2.35. The second-order valence-corrected chi connectivity index (χ2v) is 11.5. The topological polar surface area (TPSA) is 116 Å². The molecule has 2 aromatic carbocycles. The van der Waals surface area contributed by atoms with Gasteiger partial charge in [-0.25, -0.2) is 9.97 Å². The Morgan fingerprint density at radius 3 is 2.62 bits per heavy atom. The molecule has 11 heteroatoms. The van der Waals surface area contributed by atoms with E-state index in [0.717, 1.165) is 49.4 Å². The Kier molecular flexibility index (Phi) is 7.20. The molecule has 0 radical (unpaired) electrons. The van der Waals surface area contributed by atoms with E-state index in [1.165, 1.54) is 0 Å². The summed E-state index contributed by atoms with van der Waals surface area (Å²) in [6, 6.07) is 13.6. The summed E-state index contributed by atoms with van der Waals surface area (Å²) in [7, 11) is 0. The quantitative estimate of drug-likeness (QED) is 0.276. The Bertz CT molecular complexity index is 1580. The third-order valence-corrected chi connectivity index (χ3v) is 8.81. The van der Waals surface area contributed by atoms with Gasteiger partial charge in [0.1, 0.15) is 17.0 Å². The zero-order valence-electron chi connectivity index (χ0n) is 22.0. The number of nitrogens with one attached hydrogen (secondary N) is 3. The number of aromatic amines is 1. The van der Waals surface area contributed by atoms with Gasteiger partial charge in [-0.3, -0.25) is 20.0 Å². The Hall–Kier alpha value is -3.53. The summed E-state index contributed by atoms with van der Waals surface area (Å²) in [5.41, 5.74) is 4.70. The number of imide groups is 1. The zero-order valence-corrected chi connectivity index (χ0v) is 23.5. The molecule has 2 aliphatic rings. The van der Waals surface area contributed by atoms with Crippen LogP contribution < -0.4 is 15.5 Å². The predicted octanol–water partition coefficient (Wildman–Crippen LogP) is 5.00. The lowest BCUT2D eigenvalue weighted by Gasteiger charge is -2.40. The van der Waals surface area contributed by atoms with Crippen LogP contribution in [0.25, 0.3) is 22.4 Å². The van der Waals surface area contributed by atoms with Gasteiger partial charge in [-0.15, -0.1) is 0 Å². The number of fused-ring (bicyclic) bond motifs is 1. The zero-order chi connectivity index (χ0) is 27.9. The number of rotatable bonds is 6. The summed E-state index contributed by atoms with van der Waals surface area (Å²) in [6.45, 7) is 4.69. The van der Waals surface area contributed by atoms with E-state index >= 15 is 0 Å². The molecule has 0 saturated carbocycles. The van der Waals surface area contributed by atoms with Crippen molar-refractivity contribution in [3.8, 4) is 11.3 Å². The van der Waals surface area contributed by atoms with E-state index in [4.69, 9.17) is 28.2 Å². The lowest BCUT2D eigenvalue weighted by atomic mass is 9.88. The second-order valence-electron chi connectivity index (χ2n) is 10.7. The largest absolute Gasteiger partial charge is 0.355 e. The Morgan fingerprint density at radius 1 is 1.10 bits per heavy atom. The van der Waals surface area contributed by atoms with Crippen LogP contribution >= 0.6 is 23.2 Å². The Balaban J connectivity index is 1.07. The molecule has 1 unspecified atom stereocenters. The number of benzene rings is 2. The fourth-order valence-corrected chi connectivity index (χ4v) is 5.81. The van der Waals surface area contributed by atoms with E-state index in [0.29, 0.717) is 45.3 Å². The van der Waals surface area contributed by atoms with Crippen LogP contribution in [-0.2, 0) is 16.1 Å². The number of aromatic nitrogens is 4. The van der Waals surface area contributed by atoms with Gasteiger partial charge in [0.05, 0.1) is 22.2 Å². The number of anilines is 1. The molecular weight excluding hydrogens is 549 g/mol. The molecule has 4 aromatic rings. The summed E-state index contributed by atoms with van der Waals surface area (Å²) in [6.07, 6.45) is 4.64. The van der Waals surface area contributed by atoms with Crippen molar-refractivity contribution in [1.29, 1.82) is 0 Å². The maximum absolute atomic E-state index is 12.2. The average molecular weight is 579 g/mol. The highest BCUT2D eigenvalue weighted by molar-refractivity contribution is 6.43. The molecule has 2 aliphatic heterocycles. The lowest BCUT2D eigenvalue weighted by molar-refractivity contribution is -0.134. The van der Waals surface area contributed by atoms with Crippen LogP contribution in [0.3, 0.4) is 0 Å². The molecule has 1 atom stereocenters. The molecule has 0 spiro atoms. The summed E-state index contributed by atoms with van der Waals surface area (Å²) < 4.78 is 0. The van der Waals surface area contributed by atoms with Gasteiger partial charge in [0, 0.05) is 37.2 Å². The van der Waals surface area contributed by atoms with E-state index in [9.17, 15) is 9.59 Å². The number of carbonyl (C=O) groups excluding carboxylic acids is 2. The molecule has 2 aromatic heterocycles. The molecular formula is C29H29Cl2N7O2. The van der Waals surface area contributed by atoms with Gasteiger partial charge in [0.2, 0.25) is 11.8 Å². The SMILES string of the molecule is CC1(NCc2ccc(C3CCC(=O)NC3=O)cc2)CCN(c2cnc3c(-c4cccc(Cl)c4Cl)n[nH]c3n2)CC1. The number of piperidine rings is 2. The first kappa shape index (κ1) is 26.7. The smallest absolute Gasteiger partial charge is 0.234 e. The maximum Gasteiger partial charge on any atom is 0.234 e. The summed E-state index contributed by atoms with van der Waals surface area (Å²) in [5, 5.41) is 14.5. The summed E-state index contributed by atoms with van der Waals surface area (Å²) in [4.78, 5) is 35.3. The van der Waals surface area contributed by atoms with E-state index in [-0.39, 0.29) is 23.3 Å². The van der Waals surface area contributed by atoms with Gasteiger partial charge < -0.3 is 10.2 Å². The summed E-state index contributed by atoms with van der Waals surface area (Å²) >= 11 is 12.6. The van der Waals surface area contributed by atoms with Crippen LogP contribution in [0.1, 0.15) is 49.7 Å². The van der Waals surface area contributed by atoms with Crippen LogP contribution in [0.4, 0.5) is 5.82 Å². The van der Waals surface area contributed by atoms with Crippen molar-refractivity contribution in [2.75, 3.05) is 18.0 Å². The van der Waals surface area contributed by atoms with Crippen LogP contribution in [0.2, 0.25) is 10.0 Å². The van der Waals surface area contributed by atoms with Gasteiger partial charge in [-0.1, -0.05) is 59.6 Å². The van der Waals surface area contributed by atoms with Crippen LogP contribution in [0.5, 0.6) is 0 Å². The minimum atomic E-state index is -0.258. The van der Waals surface area contributed by atoms with E-state index in [1.54, 1.807) is 12.3 Å². The minimum absolute atomic E-state index is 0.0131. The van der Waals surface area contributed by atoms with Gasteiger partial charge >= 0.3 is 0 Å². The van der Waals surface area contributed by atoms with Crippen LogP contribution in [-0.4, -0.2) is 50.6 Å². The normalized spacial score (nSPS) is 19.2. The monoisotopic (exact) mass is 577 g/mol. The van der Waals surface area contributed by atoms with Gasteiger partial charge in [0.25, 0.3) is 0 Å². The number of amides is 2. The Morgan fingerprint density at radius 2 is 1.88 bits per heavy atom. The fourth-order valence-electron chi connectivity index (χ4n) is 5.42. The van der Waals surface area contributed by atoms with Crippen LogP contribution in [0.15, 0.2) is 48.7 Å². The molecule has 206 valence electrons. The van der Waals surface area contributed by atoms with Crippen molar-refractivity contribution >= 4 is 52.0 Å². The van der Waals surface area contributed by atoms with Crippen LogP contribution in [0, 0.1) is 0 Å². The molecule has 3 N–H and O–H groups in total. The molecule has 40 heavy (non-hydrogen) atoms. The molecule has 2 fully saturated rings. The maximum atomic E-state index is 12.2. The predicted molar refractivity (Wildman–Crippen MR) is 155 cm³/mol. The molecule has 2 saturated heterocycles. The molecule has 4 heterocycles. The first-order valence-electron chi connectivity index (χ1n) is 13.4. The summed E-state index contributed by atoms with van der Waals surface area (Å²) in [5.74, 6) is 0.158. The first-order chi connectivity index (χ1) is 19.3. The van der Waals surface area contributed by atoms with Crippen molar-refractivity contribution in [3.05, 3.63) is 69.8 Å². The number of hydrogen-bond donors (Lipinski definition) is 3. The number of halogens is 2. The number of hydrogen-bond acceptors (Lipinski definition) is 7. The van der Waals surface area contributed by atoms with E-state index in [1.807, 2.05) is 24.3 Å². The standard InChI is InChI=1S/C29H29Cl2N7O2/c1-29(33-15-17-5-7-18(8-6-17)19-9-10-23(39)35-28(19)40)11-13-38(14-12-29)22-16-32-26-25(36-37-27(26)34-22)20-3-2-4-21(30)24(20)31/h2-8,16,19,33H,9-15H2,1H3,(H,34,36,37)(H,35,39,40). The minimum Gasteiger partial charge on any atom is -0.355 e. The third-order valence-electron chi connectivity index (χ3n) is 8.00. The van der Waals surface area contributed by atoms with Crippen molar-refractivity contribution in [1.82, 2.24) is 30.8 Å². The molecule has 0 aliphatic carbocycles. The molecule has 0 bridgehead atoms. The van der Waals surface area contributed by atoms with Crippen molar-refractivity contribution in [3.63, 3.8) is 0 Å². The number of nitrogens with zero attached hydrogens (tertiary/aromatic N) is 4.